The molecule has 1 aliphatic rings. The summed E-state index contributed by atoms with van der Waals surface area (Å²) in [5.74, 6) is 0.404. The van der Waals surface area contributed by atoms with Gasteiger partial charge in [-0.2, -0.15) is 0 Å². The molecule has 2 amide bonds. The fourth-order valence-electron chi connectivity index (χ4n) is 3.97. The minimum absolute atomic E-state index is 0.0981. The molecule has 1 aliphatic carbocycles. The number of carbonyl (C=O) groups is 2. The van der Waals surface area contributed by atoms with Crippen LogP contribution in [0.2, 0.25) is 0 Å². The first-order valence-corrected chi connectivity index (χ1v) is 11.2. The smallest absolute Gasteiger partial charge is 0.261 e. The second-order valence-electron chi connectivity index (χ2n) is 8.66. The SMILES string of the molecule is Cc1ccc(CN(C(=O)COc2cccc(C)c2C)C(C)C(=O)NC2CCCC2)cc1. The van der Waals surface area contributed by atoms with Gasteiger partial charge in [0, 0.05) is 12.6 Å². The summed E-state index contributed by atoms with van der Waals surface area (Å²) in [7, 11) is 0. The normalized spacial score (nSPS) is 14.8. The van der Waals surface area contributed by atoms with E-state index in [0.717, 1.165) is 47.9 Å². The summed E-state index contributed by atoms with van der Waals surface area (Å²) < 4.78 is 5.86. The predicted octanol–water partition coefficient (Wildman–Crippen LogP) is 4.47. The highest BCUT2D eigenvalue weighted by Crippen LogP contribution is 2.21. The quantitative estimate of drug-likeness (QED) is 0.683. The second-order valence-corrected chi connectivity index (χ2v) is 8.66. The molecule has 0 spiro atoms. The van der Waals surface area contributed by atoms with E-state index in [0.29, 0.717) is 12.3 Å². The van der Waals surface area contributed by atoms with E-state index in [9.17, 15) is 9.59 Å². The van der Waals surface area contributed by atoms with Gasteiger partial charge in [0.15, 0.2) is 6.61 Å². The standard InChI is InChI=1S/C26H34N2O3/c1-18-12-14-22(15-13-18)16-28(21(4)26(30)27-23-9-5-6-10-23)25(29)17-31-24-11-7-8-19(2)20(24)3/h7-8,11-15,21,23H,5-6,9-10,16-17H2,1-4H3,(H,27,30). The fraction of sp³-hybridized carbons (Fsp3) is 0.462. The predicted molar refractivity (Wildman–Crippen MR) is 123 cm³/mol. The lowest BCUT2D eigenvalue weighted by atomic mass is 10.1. The summed E-state index contributed by atoms with van der Waals surface area (Å²) in [5, 5.41) is 3.13. The molecule has 0 heterocycles. The highest BCUT2D eigenvalue weighted by molar-refractivity contribution is 5.88. The van der Waals surface area contributed by atoms with Crippen molar-refractivity contribution in [1.29, 1.82) is 0 Å². The maximum atomic E-state index is 13.2. The maximum absolute atomic E-state index is 13.2. The molecule has 1 N–H and O–H groups in total. The number of hydrogen-bond acceptors (Lipinski definition) is 3. The van der Waals surface area contributed by atoms with Crippen molar-refractivity contribution in [3.8, 4) is 5.75 Å². The molecule has 0 saturated heterocycles. The Labute approximate surface area is 185 Å². The van der Waals surface area contributed by atoms with Crippen molar-refractivity contribution in [2.24, 2.45) is 0 Å². The van der Waals surface area contributed by atoms with Gasteiger partial charge in [0.1, 0.15) is 11.8 Å². The number of amides is 2. The molecule has 0 aromatic heterocycles. The average Bonchev–Trinajstić information content (AvgIpc) is 3.26. The number of nitrogens with one attached hydrogen (secondary N) is 1. The van der Waals surface area contributed by atoms with Crippen LogP contribution in [0.3, 0.4) is 0 Å². The van der Waals surface area contributed by atoms with Gasteiger partial charge in [-0.15, -0.1) is 0 Å². The monoisotopic (exact) mass is 422 g/mol. The molecule has 3 rings (SSSR count). The van der Waals surface area contributed by atoms with Gasteiger partial charge in [0.2, 0.25) is 5.91 Å². The van der Waals surface area contributed by atoms with Crippen LogP contribution in [0.25, 0.3) is 0 Å². The van der Waals surface area contributed by atoms with Gasteiger partial charge >= 0.3 is 0 Å². The molecule has 0 aliphatic heterocycles. The zero-order valence-corrected chi connectivity index (χ0v) is 19.1. The van der Waals surface area contributed by atoms with Crippen LogP contribution in [-0.4, -0.2) is 35.4 Å². The number of hydrogen-bond donors (Lipinski definition) is 1. The fourth-order valence-corrected chi connectivity index (χ4v) is 3.97. The molecular weight excluding hydrogens is 388 g/mol. The topological polar surface area (TPSA) is 58.6 Å². The van der Waals surface area contributed by atoms with Gasteiger partial charge in [-0.1, -0.05) is 54.8 Å². The van der Waals surface area contributed by atoms with Crippen molar-refractivity contribution in [2.75, 3.05) is 6.61 Å². The van der Waals surface area contributed by atoms with Crippen molar-refractivity contribution in [3.05, 3.63) is 64.7 Å². The highest BCUT2D eigenvalue weighted by atomic mass is 16.5. The Morgan fingerprint density at radius 2 is 1.74 bits per heavy atom. The molecule has 1 atom stereocenters. The first kappa shape index (κ1) is 22.9. The lowest BCUT2D eigenvalue weighted by Crippen LogP contribution is -2.50. The highest BCUT2D eigenvalue weighted by Gasteiger charge is 2.28. The van der Waals surface area contributed by atoms with Crippen LogP contribution in [-0.2, 0) is 16.1 Å². The van der Waals surface area contributed by atoms with Crippen LogP contribution in [0.4, 0.5) is 0 Å². The Hall–Kier alpha value is -2.82. The van der Waals surface area contributed by atoms with Crippen LogP contribution in [0, 0.1) is 20.8 Å². The van der Waals surface area contributed by atoms with Crippen molar-refractivity contribution < 1.29 is 14.3 Å². The number of rotatable bonds is 8. The van der Waals surface area contributed by atoms with E-state index in [4.69, 9.17) is 4.74 Å². The third kappa shape index (κ3) is 6.09. The van der Waals surface area contributed by atoms with E-state index < -0.39 is 6.04 Å². The zero-order valence-electron chi connectivity index (χ0n) is 19.1. The Bertz CT molecular complexity index is 901. The van der Waals surface area contributed by atoms with Crippen LogP contribution < -0.4 is 10.1 Å². The van der Waals surface area contributed by atoms with Crippen molar-refractivity contribution in [1.82, 2.24) is 10.2 Å². The van der Waals surface area contributed by atoms with Gasteiger partial charge in [-0.05, 0) is 63.3 Å². The molecular formula is C26H34N2O3. The summed E-state index contributed by atoms with van der Waals surface area (Å²) in [4.78, 5) is 27.7. The summed E-state index contributed by atoms with van der Waals surface area (Å²) >= 11 is 0. The summed E-state index contributed by atoms with van der Waals surface area (Å²) in [6, 6.07) is 13.5. The second kappa shape index (κ2) is 10.5. The minimum atomic E-state index is -0.573. The number of aryl methyl sites for hydroxylation is 2. The van der Waals surface area contributed by atoms with Crippen LogP contribution >= 0.6 is 0 Å². The molecule has 1 fully saturated rings. The lowest BCUT2D eigenvalue weighted by molar-refractivity contribution is -0.142. The third-order valence-electron chi connectivity index (χ3n) is 6.25. The van der Waals surface area contributed by atoms with Crippen LogP contribution in [0.5, 0.6) is 5.75 Å². The number of carbonyl (C=O) groups excluding carboxylic acids is 2. The number of ether oxygens (including phenoxy) is 1. The molecule has 166 valence electrons. The molecule has 5 nitrogen and oxygen atoms in total. The summed E-state index contributed by atoms with van der Waals surface area (Å²) in [5.41, 5.74) is 4.29. The summed E-state index contributed by atoms with van der Waals surface area (Å²) in [6.45, 7) is 8.10. The molecule has 2 aromatic carbocycles. The first-order chi connectivity index (χ1) is 14.8. The van der Waals surface area contributed by atoms with Crippen LogP contribution in [0.15, 0.2) is 42.5 Å². The van der Waals surface area contributed by atoms with Gasteiger partial charge in [0.05, 0.1) is 0 Å². The van der Waals surface area contributed by atoms with Gasteiger partial charge in [-0.3, -0.25) is 9.59 Å². The van der Waals surface area contributed by atoms with E-state index in [1.165, 1.54) is 0 Å². The summed E-state index contributed by atoms with van der Waals surface area (Å²) in [6.07, 6.45) is 4.32. The van der Waals surface area contributed by atoms with Crippen LogP contribution in [0.1, 0.15) is 54.9 Å². The van der Waals surface area contributed by atoms with E-state index in [1.54, 1.807) is 11.8 Å². The van der Waals surface area contributed by atoms with E-state index in [1.807, 2.05) is 63.2 Å². The minimum Gasteiger partial charge on any atom is -0.483 e. The average molecular weight is 423 g/mol. The molecule has 31 heavy (non-hydrogen) atoms. The zero-order chi connectivity index (χ0) is 22.4. The van der Waals surface area contributed by atoms with E-state index in [-0.39, 0.29) is 24.5 Å². The molecule has 1 saturated carbocycles. The van der Waals surface area contributed by atoms with Crippen molar-refractivity contribution in [3.63, 3.8) is 0 Å². The Morgan fingerprint density at radius 1 is 1.06 bits per heavy atom. The third-order valence-corrected chi connectivity index (χ3v) is 6.25. The maximum Gasteiger partial charge on any atom is 0.261 e. The molecule has 5 heteroatoms. The number of nitrogens with zero attached hydrogens (tertiary/aromatic N) is 1. The molecule has 0 bridgehead atoms. The molecule has 1 unspecified atom stereocenters. The van der Waals surface area contributed by atoms with E-state index in [2.05, 4.69) is 5.32 Å². The Kier molecular flexibility index (Phi) is 7.72. The largest absolute Gasteiger partial charge is 0.483 e. The molecule has 0 radical (unpaired) electrons. The Balaban J connectivity index is 1.73. The van der Waals surface area contributed by atoms with Gasteiger partial charge in [0.25, 0.3) is 5.91 Å². The number of benzene rings is 2. The lowest BCUT2D eigenvalue weighted by Gasteiger charge is -2.30. The van der Waals surface area contributed by atoms with Gasteiger partial charge in [-0.25, -0.2) is 0 Å². The van der Waals surface area contributed by atoms with Gasteiger partial charge < -0.3 is 15.0 Å². The first-order valence-electron chi connectivity index (χ1n) is 11.2. The van der Waals surface area contributed by atoms with Crippen molar-refractivity contribution >= 4 is 11.8 Å². The van der Waals surface area contributed by atoms with E-state index >= 15 is 0 Å². The molecule has 2 aromatic rings. The van der Waals surface area contributed by atoms with Crippen molar-refractivity contribution in [2.45, 2.75) is 72.0 Å². The Morgan fingerprint density at radius 3 is 2.42 bits per heavy atom.